The van der Waals surface area contributed by atoms with Crippen LogP contribution in [0.1, 0.15) is 10.4 Å². The molecule has 0 atom stereocenters. The summed E-state index contributed by atoms with van der Waals surface area (Å²) in [5.74, 6) is 6.18. The van der Waals surface area contributed by atoms with Crippen molar-refractivity contribution in [1.29, 1.82) is 0 Å². The van der Waals surface area contributed by atoms with E-state index in [0.29, 0.717) is 28.4 Å². The van der Waals surface area contributed by atoms with Gasteiger partial charge < -0.3 is 20.2 Å². The number of hydrogen-bond acceptors (Lipinski definition) is 6. The third kappa shape index (κ3) is 3.21. The maximum Gasteiger partial charge on any atom is 0.258 e. The van der Waals surface area contributed by atoms with Crippen LogP contribution in [0.5, 0.6) is 11.5 Å². The molecule has 7 nitrogen and oxygen atoms in total. The Hall–Kier alpha value is -2.80. The van der Waals surface area contributed by atoms with Crippen LogP contribution in [0.2, 0.25) is 0 Å². The van der Waals surface area contributed by atoms with Gasteiger partial charge in [-0.05, 0) is 18.2 Å². The van der Waals surface area contributed by atoms with Crippen LogP contribution < -0.4 is 26.1 Å². The topological polar surface area (TPSA) is 98.5 Å². The standard InChI is InChI=1S/C14H16N4O3/c1-20-9-3-4-11(13(7-9)21-2)17-14(19)10-5-6-16-8-12(10)18-15/h3-8,18H,15H2,1-2H3,(H,17,19). The normalized spacial score (nSPS) is 9.86. The number of nitrogen functional groups attached to an aromatic ring is 1. The number of nitrogens with zero attached hydrogens (tertiary/aromatic N) is 1. The second kappa shape index (κ2) is 6.58. The number of rotatable bonds is 5. The SMILES string of the molecule is COc1ccc(NC(=O)c2ccncc2NN)c(OC)c1. The molecule has 1 aromatic carbocycles. The Balaban J connectivity index is 2.27. The van der Waals surface area contributed by atoms with Gasteiger partial charge in [0.15, 0.2) is 0 Å². The van der Waals surface area contributed by atoms with Crippen molar-refractivity contribution in [3.63, 3.8) is 0 Å². The first-order valence-corrected chi connectivity index (χ1v) is 6.13. The highest BCUT2D eigenvalue weighted by Crippen LogP contribution is 2.29. The molecule has 0 saturated heterocycles. The van der Waals surface area contributed by atoms with Crippen molar-refractivity contribution in [1.82, 2.24) is 4.98 Å². The predicted molar refractivity (Wildman–Crippen MR) is 79.5 cm³/mol. The summed E-state index contributed by atoms with van der Waals surface area (Å²) in [5.41, 5.74) is 3.78. The average Bonchev–Trinajstić information content (AvgIpc) is 2.55. The maximum absolute atomic E-state index is 12.3. The summed E-state index contributed by atoms with van der Waals surface area (Å²) in [6, 6.07) is 6.68. The summed E-state index contributed by atoms with van der Waals surface area (Å²) in [7, 11) is 3.08. The molecule has 1 aromatic heterocycles. The third-order valence-electron chi connectivity index (χ3n) is 2.88. The molecule has 0 aliphatic rings. The lowest BCUT2D eigenvalue weighted by atomic mass is 10.2. The third-order valence-corrected chi connectivity index (χ3v) is 2.88. The number of methoxy groups -OCH3 is 2. The van der Waals surface area contributed by atoms with Gasteiger partial charge in [-0.15, -0.1) is 0 Å². The first kappa shape index (κ1) is 14.6. The lowest BCUT2D eigenvalue weighted by molar-refractivity contribution is 0.102. The first-order valence-electron chi connectivity index (χ1n) is 6.13. The lowest BCUT2D eigenvalue weighted by Crippen LogP contribution is -2.17. The van der Waals surface area contributed by atoms with E-state index in [0.717, 1.165) is 0 Å². The summed E-state index contributed by atoms with van der Waals surface area (Å²) in [4.78, 5) is 16.2. The molecule has 7 heteroatoms. The maximum atomic E-state index is 12.3. The van der Waals surface area contributed by atoms with E-state index in [1.165, 1.54) is 19.5 Å². The van der Waals surface area contributed by atoms with E-state index in [1.807, 2.05) is 0 Å². The molecule has 2 rings (SSSR count). The molecule has 4 N–H and O–H groups in total. The van der Waals surface area contributed by atoms with Crippen molar-refractivity contribution in [2.45, 2.75) is 0 Å². The molecule has 0 aliphatic heterocycles. The van der Waals surface area contributed by atoms with Crippen LogP contribution in [0.25, 0.3) is 0 Å². The Labute approximate surface area is 122 Å². The molecule has 0 fully saturated rings. The Morgan fingerprint density at radius 1 is 1.19 bits per heavy atom. The fraction of sp³-hybridized carbons (Fsp3) is 0.143. The minimum Gasteiger partial charge on any atom is -0.497 e. The van der Waals surface area contributed by atoms with Crippen molar-refractivity contribution in [3.8, 4) is 11.5 Å². The number of aromatic nitrogens is 1. The van der Waals surface area contributed by atoms with Gasteiger partial charge >= 0.3 is 0 Å². The fourth-order valence-electron chi connectivity index (χ4n) is 1.80. The van der Waals surface area contributed by atoms with Gasteiger partial charge in [0.1, 0.15) is 11.5 Å². The largest absolute Gasteiger partial charge is 0.497 e. The van der Waals surface area contributed by atoms with Gasteiger partial charge in [0, 0.05) is 12.3 Å². The predicted octanol–water partition coefficient (Wildman–Crippen LogP) is 1.64. The molecule has 0 radical (unpaired) electrons. The van der Waals surface area contributed by atoms with E-state index < -0.39 is 0 Å². The monoisotopic (exact) mass is 288 g/mol. The molecule has 0 aliphatic carbocycles. The Morgan fingerprint density at radius 2 is 2.00 bits per heavy atom. The number of nitrogens with one attached hydrogen (secondary N) is 2. The number of hydrogen-bond donors (Lipinski definition) is 3. The number of pyridine rings is 1. The van der Waals surface area contributed by atoms with Crippen molar-refractivity contribution < 1.29 is 14.3 Å². The smallest absolute Gasteiger partial charge is 0.258 e. The molecular weight excluding hydrogens is 272 g/mol. The van der Waals surface area contributed by atoms with Gasteiger partial charge in [-0.1, -0.05) is 0 Å². The van der Waals surface area contributed by atoms with Gasteiger partial charge in [-0.25, -0.2) is 0 Å². The van der Waals surface area contributed by atoms with Crippen LogP contribution in [0.15, 0.2) is 36.7 Å². The molecule has 1 amide bonds. The van der Waals surface area contributed by atoms with Crippen LogP contribution in [-0.2, 0) is 0 Å². The zero-order chi connectivity index (χ0) is 15.2. The number of hydrazine groups is 1. The van der Waals surface area contributed by atoms with E-state index in [4.69, 9.17) is 15.3 Å². The number of carbonyl (C=O) groups is 1. The molecule has 21 heavy (non-hydrogen) atoms. The highest BCUT2D eigenvalue weighted by atomic mass is 16.5. The average molecular weight is 288 g/mol. The second-order valence-corrected chi connectivity index (χ2v) is 4.09. The summed E-state index contributed by atoms with van der Waals surface area (Å²) in [5, 5.41) is 2.76. The van der Waals surface area contributed by atoms with Crippen LogP contribution >= 0.6 is 0 Å². The first-order chi connectivity index (χ1) is 10.2. The van der Waals surface area contributed by atoms with E-state index in [2.05, 4.69) is 15.7 Å². The molecular formula is C14H16N4O3. The number of amides is 1. The molecule has 110 valence electrons. The number of nitrogens with two attached hydrogens (primary N) is 1. The van der Waals surface area contributed by atoms with E-state index in [-0.39, 0.29) is 5.91 Å². The van der Waals surface area contributed by atoms with E-state index >= 15 is 0 Å². The zero-order valence-electron chi connectivity index (χ0n) is 11.7. The lowest BCUT2D eigenvalue weighted by Gasteiger charge is -2.13. The molecule has 1 heterocycles. The van der Waals surface area contributed by atoms with Gasteiger partial charge in [-0.3, -0.25) is 15.6 Å². The number of benzene rings is 1. The number of ether oxygens (including phenoxy) is 2. The van der Waals surface area contributed by atoms with Gasteiger partial charge in [0.25, 0.3) is 5.91 Å². The second-order valence-electron chi connectivity index (χ2n) is 4.09. The number of carbonyl (C=O) groups excluding carboxylic acids is 1. The minimum atomic E-state index is -0.325. The molecule has 0 unspecified atom stereocenters. The Morgan fingerprint density at radius 3 is 2.67 bits per heavy atom. The molecule has 2 aromatic rings. The summed E-state index contributed by atoms with van der Waals surface area (Å²) in [6.07, 6.45) is 2.99. The van der Waals surface area contributed by atoms with E-state index in [1.54, 1.807) is 31.4 Å². The van der Waals surface area contributed by atoms with Crippen LogP contribution in [0.3, 0.4) is 0 Å². The Kier molecular flexibility index (Phi) is 4.57. The Bertz CT molecular complexity index is 646. The van der Waals surface area contributed by atoms with Crippen molar-refractivity contribution in [3.05, 3.63) is 42.2 Å². The summed E-state index contributed by atoms with van der Waals surface area (Å²) >= 11 is 0. The minimum absolute atomic E-state index is 0.325. The van der Waals surface area contributed by atoms with Gasteiger partial charge in [-0.2, -0.15) is 0 Å². The van der Waals surface area contributed by atoms with Crippen molar-refractivity contribution in [2.75, 3.05) is 25.0 Å². The highest BCUT2D eigenvalue weighted by Gasteiger charge is 2.13. The molecule has 0 spiro atoms. The van der Waals surface area contributed by atoms with Crippen LogP contribution in [-0.4, -0.2) is 25.1 Å². The zero-order valence-corrected chi connectivity index (χ0v) is 11.7. The molecule has 0 saturated carbocycles. The van der Waals surface area contributed by atoms with E-state index in [9.17, 15) is 4.79 Å². The van der Waals surface area contributed by atoms with Crippen molar-refractivity contribution >= 4 is 17.3 Å². The van der Waals surface area contributed by atoms with Crippen LogP contribution in [0.4, 0.5) is 11.4 Å². The van der Waals surface area contributed by atoms with Gasteiger partial charge in [0.05, 0.1) is 37.4 Å². The quantitative estimate of drug-likeness (QED) is 0.571. The molecule has 0 bridgehead atoms. The summed E-state index contributed by atoms with van der Waals surface area (Å²) in [6.45, 7) is 0. The van der Waals surface area contributed by atoms with Crippen LogP contribution in [0, 0.1) is 0 Å². The number of anilines is 2. The summed E-state index contributed by atoms with van der Waals surface area (Å²) < 4.78 is 10.3. The highest BCUT2D eigenvalue weighted by molar-refractivity contribution is 6.08. The fourth-order valence-corrected chi connectivity index (χ4v) is 1.80. The van der Waals surface area contributed by atoms with Crippen molar-refractivity contribution in [2.24, 2.45) is 5.84 Å². The van der Waals surface area contributed by atoms with Gasteiger partial charge in [0.2, 0.25) is 0 Å².